The minimum Gasteiger partial charge on any atom is -0.207 e. The van der Waals surface area contributed by atoms with Gasteiger partial charge in [0, 0.05) is 0 Å². The summed E-state index contributed by atoms with van der Waals surface area (Å²) in [5, 5.41) is 0. The molecule has 0 saturated heterocycles. The maximum atomic E-state index is 13.2. The predicted octanol–water partition coefficient (Wildman–Crippen LogP) is 5.99. The van der Waals surface area contributed by atoms with Gasteiger partial charge in [-0.15, -0.1) is 0 Å². The van der Waals surface area contributed by atoms with Crippen LogP contribution in [0.2, 0.25) is 0 Å². The van der Waals surface area contributed by atoms with Gasteiger partial charge in [-0.2, -0.15) is 0 Å². The van der Waals surface area contributed by atoms with E-state index in [2.05, 4.69) is 33.1 Å². The number of hydrogen-bond donors (Lipinski definition) is 0. The molecule has 0 unspecified atom stereocenters. The summed E-state index contributed by atoms with van der Waals surface area (Å²) in [5.41, 5.74) is 2.18. The van der Waals surface area contributed by atoms with Crippen molar-refractivity contribution < 1.29 is 4.39 Å². The first-order valence-corrected chi connectivity index (χ1v) is 6.23. The van der Waals surface area contributed by atoms with Crippen LogP contribution in [0.5, 0.6) is 0 Å². The molecule has 0 amide bonds. The smallest absolute Gasteiger partial charge is 0.126 e. The molecule has 0 nitrogen and oxygen atoms in total. The Morgan fingerprint density at radius 2 is 1.65 bits per heavy atom. The second-order valence-electron chi connectivity index (χ2n) is 4.31. The van der Waals surface area contributed by atoms with Crippen LogP contribution in [0.15, 0.2) is 47.9 Å². The van der Waals surface area contributed by atoms with Crippen LogP contribution in [0, 0.1) is 5.92 Å². The van der Waals surface area contributed by atoms with E-state index in [-0.39, 0.29) is 5.83 Å². The minimum atomic E-state index is -0.294. The second kappa shape index (κ2) is 10.1. The molecule has 0 fully saturated rings. The summed E-state index contributed by atoms with van der Waals surface area (Å²) >= 11 is 0. The lowest BCUT2D eigenvalue weighted by atomic mass is 10.0. The van der Waals surface area contributed by atoms with Gasteiger partial charge in [-0.05, 0) is 49.0 Å². The Hall–Kier alpha value is -1.11. The van der Waals surface area contributed by atoms with E-state index in [4.69, 9.17) is 0 Å². The third kappa shape index (κ3) is 9.80. The van der Waals surface area contributed by atoms with Crippen molar-refractivity contribution >= 4 is 0 Å². The first-order valence-electron chi connectivity index (χ1n) is 6.23. The fourth-order valence-corrected chi connectivity index (χ4v) is 0.934. The van der Waals surface area contributed by atoms with Crippen molar-refractivity contribution in [3.05, 3.63) is 47.9 Å². The molecular formula is C16H27F. The molecule has 0 aromatic heterocycles. The highest BCUT2D eigenvalue weighted by Gasteiger charge is 1.99. The monoisotopic (exact) mass is 238 g/mol. The highest BCUT2D eigenvalue weighted by atomic mass is 19.1. The second-order valence-corrected chi connectivity index (χ2v) is 4.31. The van der Waals surface area contributed by atoms with Crippen molar-refractivity contribution in [3.63, 3.8) is 0 Å². The van der Waals surface area contributed by atoms with Crippen molar-refractivity contribution in [2.24, 2.45) is 5.92 Å². The normalized spacial score (nSPS) is 12.0. The lowest BCUT2D eigenvalue weighted by Gasteiger charge is -2.04. The van der Waals surface area contributed by atoms with Gasteiger partial charge in [0.2, 0.25) is 0 Å². The summed E-state index contributed by atoms with van der Waals surface area (Å²) in [6, 6.07) is 0. The highest BCUT2D eigenvalue weighted by molar-refractivity contribution is 5.40. The summed E-state index contributed by atoms with van der Waals surface area (Å²) in [5.74, 6) is 0.319. The van der Waals surface area contributed by atoms with Gasteiger partial charge in [0.1, 0.15) is 5.83 Å². The van der Waals surface area contributed by atoms with Crippen molar-refractivity contribution in [2.45, 2.75) is 48.0 Å². The summed E-state index contributed by atoms with van der Waals surface area (Å²) in [6.07, 6.45) is 4.52. The van der Waals surface area contributed by atoms with Crippen LogP contribution in [-0.2, 0) is 0 Å². The standard InChI is InChI=1S/C14H21F.C2H6/c1-10(2)7-8-12(5)13(6)9-14(15)11(3)4;1-2/h8-10H,3,6-7H2,1-2,4-5H3;1-2H3/b12-8+,14-9+;. The molecular weight excluding hydrogens is 211 g/mol. The van der Waals surface area contributed by atoms with Crippen LogP contribution < -0.4 is 0 Å². The molecule has 0 aromatic carbocycles. The van der Waals surface area contributed by atoms with Crippen LogP contribution in [-0.4, -0.2) is 0 Å². The van der Waals surface area contributed by atoms with Crippen molar-refractivity contribution in [3.8, 4) is 0 Å². The first kappa shape index (κ1) is 18.3. The third-order valence-corrected chi connectivity index (χ3v) is 2.11. The number of hydrogen-bond acceptors (Lipinski definition) is 0. The predicted molar refractivity (Wildman–Crippen MR) is 77.7 cm³/mol. The van der Waals surface area contributed by atoms with Gasteiger partial charge in [-0.25, -0.2) is 4.39 Å². The lowest BCUT2D eigenvalue weighted by molar-refractivity contribution is 0.651. The highest BCUT2D eigenvalue weighted by Crippen LogP contribution is 2.17. The van der Waals surface area contributed by atoms with E-state index in [0.717, 1.165) is 17.6 Å². The van der Waals surface area contributed by atoms with E-state index < -0.39 is 0 Å². The van der Waals surface area contributed by atoms with Crippen LogP contribution in [0.25, 0.3) is 0 Å². The molecule has 0 bridgehead atoms. The summed E-state index contributed by atoms with van der Waals surface area (Å²) in [7, 11) is 0. The third-order valence-electron chi connectivity index (χ3n) is 2.11. The fraction of sp³-hybridized carbons (Fsp3) is 0.500. The van der Waals surface area contributed by atoms with Gasteiger partial charge < -0.3 is 0 Å². The molecule has 0 spiro atoms. The Balaban J connectivity index is 0. The zero-order valence-corrected chi connectivity index (χ0v) is 12.2. The topological polar surface area (TPSA) is 0 Å². The lowest BCUT2D eigenvalue weighted by Crippen LogP contribution is -1.87. The van der Waals surface area contributed by atoms with Crippen molar-refractivity contribution in [1.82, 2.24) is 0 Å². The van der Waals surface area contributed by atoms with Gasteiger partial charge >= 0.3 is 0 Å². The van der Waals surface area contributed by atoms with Crippen molar-refractivity contribution in [2.75, 3.05) is 0 Å². The van der Waals surface area contributed by atoms with E-state index in [0.29, 0.717) is 11.5 Å². The molecule has 0 radical (unpaired) electrons. The molecule has 98 valence electrons. The Labute approximate surface area is 107 Å². The molecule has 17 heavy (non-hydrogen) atoms. The SMILES string of the molecule is C=C(/C=C(/F)C(=C)C)/C(C)=C/CC(C)C.CC. The first-order chi connectivity index (χ1) is 7.84. The zero-order valence-electron chi connectivity index (χ0n) is 12.2. The average Bonchev–Trinajstić information content (AvgIpc) is 2.28. The largest absolute Gasteiger partial charge is 0.207 e. The van der Waals surface area contributed by atoms with E-state index in [1.54, 1.807) is 6.92 Å². The average molecular weight is 238 g/mol. The molecule has 0 saturated carbocycles. The van der Waals surface area contributed by atoms with E-state index >= 15 is 0 Å². The quantitative estimate of drug-likeness (QED) is 0.516. The molecule has 1 heteroatoms. The molecule has 0 aromatic rings. The molecule has 0 aliphatic rings. The Kier molecular flexibility index (Phi) is 10.8. The molecule has 0 aliphatic carbocycles. The van der Waals surface area contributed by atoms with Crippen LogP contribution in [0.4, 0.5) is 4.39 Å². The van der Waals surface area contributed by atoms with Gasteiger partial charge in [0.25, 0.3) is 0 Å². The van der Waals surface area contributed by atoms with Gasteiger partial charge in [0.15, 0.2) is 0 Å². The van der Waals surface area contributed by atoms with E-state index in [1.165, 1.54) is 6.08 Å². The maximum Gasteiger partial charge on any atom is 0.126 e. The molecule has 0 heterocycles. The van der Waals surface area contributed by atoms with Gasteiger partial charge in [-0.3, -0.25) is 0 Å². The van der Waals surface area contributed by atoms with Crippen LogP contribution in [0.3, 0.4) is 0 Å². The van der Waals surface area contributed by atoms with Gasteiger partial charge in [0.05, 0.1) is 0 Å². The number of rotatable bonds is 5. The fourth-order valence-electron chi connectivity index (χ4n) is 0.934. The van der Waals surface area contributed by atoms with Gasteiger partial charge in [-0.1, -0.05) is 46.9 Å². The summed E-state index contributed by atoms with van der Waals surface area (Å²) in [6.45, 7) is 19.3. The number of halogens is 1. The Morgan fingerprint density at radius 3 is 2.00 bits per heavy atom. The minimum absolute atomic E-state index is 0.294. The Bertz CT molecular complexity index is 303. The van der Waals surface area contributed by atoms with Crippen LogP contribution >= 0.6 is 0 Å². The molecule has 0 aliphatic heterocycles. The molecule has 0 N–H and O–H groups in total. The molecule has 0 rings (SSSR count). The zero-order chi connectivity index (χ0) is 14.0. The summed E-state index contributed by atoms with van der Waals surface area (Å²) < 4.78 is 13.2. The molecule has 0 atom stereocenters. The van der Waals surface area contributed by atoms with E-state index in [1.807, 2.05) is 20.8 Å². The van der Waals surface area contributed by atoms with Crippen LogP contribution in [0.1, 0.15) is 48.0 Å². The number of allylic oxidation sites excluding steroid dienone is 6. The van der Waals surface area contributed by atoms with E-state index in [9.17, 15) is 4.39 Å². The Morgan fingerprint density at radius 1 is 1.18 bits per heavy atom. The maximum absolute atomic E-state index is 13.2. The van der Waals surface area contributed by atoms with Crippen molar-refractivity contribution in [1.29, 1.82) is 0 Å². The summed E-state index contributed by atoms with van der Waals surface area (Å²) in [4.78, 5) is 0.